The molecular weight excluding hydrogens is 258 g/mol. The van der Waals surface area contributed by atoms with Gasteiger partial charge in [0.15, 0.2) is 0 Å². The van der Waals surface area contributed by atoms with Crippen molar-refractivity contribution < 1.29 is 9.47 Å². The summed E-state index contributed by atoms with van der Waals surface area (Å²) < 4.78 is 11.7. The molecule has 0 amide bonds. The van der Waals surface area contributed by atoms with Crippen LogP contribution in [-0.4, -0.2) is 31.3 Å². The van der Waals surface area contributed by atoms with E-state index >= 15 is 0 Å². The van der Waals surface area contributed by atoms with Crippen molar-refractivity contribution in [2.75, 3.05) is 25.7 Å². The third-order valence-corrected chi connectivity index (χ3v) is 5.24. The van der Waals surface area contributed by atoms with Crippen LogP contribution in [0.4, 0.5) is 0 Å². The lowest BCUT2D eigenvalue weighted by Gasteiger charge is -2.44. The molecule has 0 aromatic heterocycles. The molecule has 1 aromatic carbocycles. The second-order valence-corrected chi connectivity index (χ2v) is 6.57. The number of hydrogen-bond acceptors (Lipinski definition) is 4. The maximum atomic E-state index is 6.40. The van der Waals surface area contributed by atoms with Gasteiger partial charge in [0, 0.05) is 24.1 Å². The van der Waals surface area contributed by atoms with E-state index in [0.717, 1.165) is 30.8 Å². The van der Waals surface area contributed by atoms with E-state index in [1.165, 1.54) is 17.1 Å². The smallest absolute Gasteiger partial charge is 0.128 e. The number of ether oxygens (including phenoxy) is 2. The quantitative estimate of drug-likeness (QED) is 0.901. The zero-order valence-corrected chi connectivity index (χ0v) is 12.4. The highest BCUT2D eigenvalue weighted by Gasteiger charge is 2.41. The molecule has 1 atom stereocenters. The van der Waals surface area contributed by atoms with Gasteiger partial charge in [0.2, 0.25) is 0 Å². The van der Waals surface area contributed by atoms with E-state index in [0.29, 0.717) is 6.04 Å². The first-order valence-corrected chi connectivity index (χ1v) is 8.04. The van der Waals surface area contributed by atoms with E-state index in [1.807, 2.05) is 30.9 Å². The molecule has 19 heavy (non-hydrogen) atoms. The van der Waals surface area contributed by atoms with Crippen LogP contribution in [0.15, 0.2) is 18.2 Å². The van der Waals surface area contributed by atoms with Crippen molar-refractivity contribution in [3.05, 3.63) is 23.8 Å². The summed E-state index contributed by atoms with van der Waals surface area (Å²) >= 11 is 2.04. The fourth-order valence-electron chi connectivity index (χ4n) is 3.08. The predicted molar refractivity (Wildman–Crippen MR) is 79.3 cm³/mol. The molecule has 3 rings (SSSR count). The van der Waals surface area contributed by atoms with Gasteiger partial charge in [-0.1, -0.05) is 6.07 Å². The van der Waals surface area contributed by atoms with Crippen molar-refractivity contribution in [2.24, 2.45) is 0 Å². The minimum absolute atomic E-state index is 0.0261. The highest BCUT2D eigenvalue weighted by Crippen LogP contribution is 2.46. The summed E-state index contributed by atoms with van der Waals surface area (Å²) in [5.74, 6) is 4.28. The molecule has 1 fully saturated rings. The first-order chi connectivity index (χ1) is 9.26. The molecule has 0 radical (unpaired) electrons. The summed E-state index contributed by atoms with van der Waals surface area (Å²) in [6, 6.07) is 6.56. The number of nitrogens with one attached hydrogen (secondary N) is 1. The lowest BCUT2D eigenvalue weighted by Crippen LogP contribution is -2.46. The number of methoxy groups -OCH3 is 1. The standard InChI is InChI=1S/C15H21NO2S/c1-16-13-10-15(5-7-19-8-6-15)18-14-9-11(17-2)3-4-12(13)14/h3-4,9,13,16H,5-8,10H2,1-2H3. The van der Waals surface area contributed by atoms with Crippen LogP contribution in [0.1, 0.15) is 30.9 Å². The molecule has 0 aliphatic carbocycles. The Bertz CT molecular complexity index is 457. The van der Waals surface area contributed by atoms with Gasteiger partial charge >= 0.3 is 0 Å². The molecule has 1 unspecified atom stereocenters. The fourth-order valence-corrected chi connectivity index (χ4v) is 4.32. The summed E-state index contributed by atoms with van der Waals surface area (Å²) in [5, 5.41) is 3.44. The van der Waals surface area contributed by atoms with Crippen molar-refractivity contribution in [3.8, 4) is 11.5 Å². The molecule has 1 N–H and O–H groups in total. The van der Waals surface area contributed by atoms with Crippen molar-refractivity contribution in [1.29, 1.82) is 0 Å². The van der Waals surface area contributed by atoms with E-state index in [1.54, 1.807) is 7.11 Å². The predicted octanol–water partition coefficient (Wildman–Crippen LogP) is 3.00. The lowest BCUT2D eigenvalue weighted by atomic mass is 9.83. The monoisotopic (exact) mass is 279 g/mol. The van der Waals surface area contributed by atoms with Gasteiger partial charge in [0.25, 0.3) is 0 Å². The van der Waals surface area contributed by atoms with Gasteiger partial charge in [0.05, 0.1) is 7.11 Å². The Morgan fingerprint density at radius 2 is 2.16 bits per heavy atom. The second kappa shape index (κ2) is 5.25. The van der Waals surface area contributed by atoms with E-state index in [2.05, 4.69) is 11.4 Å². The van der Waals surface area contributed by atoms with Gasteiger partial charge in [-0.15, -0.1) is 0 Å². The SMILES string of the molecule is CNC1CC2(CCSCC2)Oc2cc(OC)ccc21. The van der Waals surface area contributed by atoms with E-state index in [-0.39, 0.29) is 5.60 Å². The summed E-state index contributed by atoms with van der Waals surface area (Å²) in [6.45, 7) is 0. The Morgan fingerprint density at radius 1 is 1.37 bits per heavy atom. The zero-order valence-electron chi connectivity index (χ0n) is 11.6. The highest BCUT2D eigenvalue weighted by atomic mass is 32.2. The molecule has 4 heteroatoms. The molecule has 3 nitrogen and oxygen atoms in total. The summed E-state index contributed by atoms with van der Waals surface area (Å²) in [6.07, 6.45) is 3.36. The molecule has 1 saturated heterocycles. The molecule has 2 aliphatic rings. The molecular formula is C15H21NO2S. The van der Waals surface area contributed by atoms with Crippen LogP contribution in [0.5, 0.6) is 11.5 Å². The average Bonchev–Trinajstić information content (AvgIpc) is 2.46. The van der Waals surface area contributed by atoms with Crippen molar-refractivity contribution >= 4 is 11.8 Å². The molecule has 0 saturated carbocycles. The van der Waals surface area contributed by atoms with Gasteiger partial charge in [0.1, 0.15) is 17.1 Å². The van der Waals surface area contributed by atoms with Crippen LogP contribution in [0, 0.1) is 0 Å². The van der Waals surface area contributed by atoms with Crippen molar-refractivity contribution in [1.82, 2.24) is 5.32 Å². The first kappa shape index (κ1) is 13.1. The largest absolute Gasteiger partial charge is 0.497 e. The van der Waals surface area contributed by atoms with Crippen LogP contribution in [0.25, 0.3) is 0 Å². The van der Waals surface area contributed by atoms with E-state index < -0.39 is 0 Å². The maximum absolute atomic E-state index is 6.40. The number of benzene rings is 1. The van der Waals surface area contributed by atoms with E-state index in [4.69, 9.17) is 9.47 Å². The van der Waals surface area contributed by atoms with Crippen LogP contribution < -0.4 is 14.8 Å². The number of thioether (sulfide) groups is 1. The minimum Gasteiger partial charge on any atom is -0.497 e. The van der Waals surface area contributed by atoms with Gasteiger partial charge in [-0.25, -0.2) is 0 Å². The Kier molecular flexibility index (Phi) is 3.63. The van der Waals surface area contributed by atoms with Gasteiger partial charge in [-0.05, 0) is 37.5 Å². The molecule has 1 aromatic rings. The Hall–Kier alpha value is -0.870. The third kappa shape index (κ3) is 2.43. The fraction of sp³-hybridized carbons (Fsp3) is 0.600. The summed E-state index contributed by atoms with van der Waals surface area (Å²) in [5.41, 5.74) is 1.28. The molecule has 2 heterocycles. The highest BCUT2D eigenvalue weighted by molar-refractivity contribution is 7.99. The number of rotatable bonds is 2. The van der Waals surface area contributed by atoms with Crippen LogP contribution in [0.3, 0.4) is 0 Å². The molecule has 1 spiro atoms. The first-order valence-electron chi connectivity index (χ1n) is 6.88. The van der Waals surface area contributed by atoms with Crippen LogP contribution >= 0.6 is 11.8 Å². The number of fused-ring (bicyclic) bond motifs is 1. The Morgan fingerprint density at radius 3 is 2.84 bits per heavy atom. The Balaban J connectivity index is 1.95. The summed E-state index contributed by atoms with van der Waals surface area (Å²) in [4.78, 5) is 0. The van der Waals surface area contributed by atoms with Gasteiger partial charge in [-0.2, -0.15) is 11.8 Å². The van der Waals surface area contributed by atoms with Crippen LogP contribution in [-0.2, 0) is 0 Å². The van der Waals surface area contributed by atoms with Crippen molar-refractivity contribution in [2.45, 2.75) is 30.9 Å². The topological polar surface area (TPSA) is 30.5 Å². The third-order valence-electron chi connectivity index (χ3n) is 4.25. The lowest BCUT2D eigenvalue weighted by molar-refractivity contribution is 0.0234. The zero-order chi connectivity index (χ0) is 13.3. The number of hydrogen-bond donors (Lipinski definition) is 1. The molecule has 104 valence electrons. The van der Waals surface area contributed by atoms with Gasteiger partial charge < -0.3 is 14.8 Å². The Labute approximate surface area is 119 Å². The average molecular weight is 279 g/mol. The molecule has 2 aliphatic heterocycles. The molecule has 0 bridgehead atoms. The van der Waals surface area contributed by atoms with Crippen LogP contribution in [0.2, 0.25) is 0 Å². The minimum atomic E-state index is 0.0261. The van der Waals surface area contributed by atoms with Crippen molar-refractivity contribution in [3.63, 3.8) is 0 Å². The summed E-state index contributed by atoms with van der Waals surface area (Å²) in [7, 11) is 3.74. The van der Waals surface area contributed by atoms with Gasteiger partial charge in [-0.3, -0.25) is 0 Å². The van der Waals surface area contributed by atoms with E-state index in [9.17, 15) is 0 Å². The second-order valence-electron chi connectivity index (χ2n) is 5.35. The normalized spacial score (nSPS) is 24.6. The maximum Gasteiger partial charge on any atom is 0.128 e.